The number of amides is 2. The van der Waals surface area contributed by atoms with Gasteiger partial charge in [-0.2, -0.15) is 0 Å². The molecule has 0 fully saturated rings. The van der Waals surface area contributed by atoms with Crippen LogP contribution in [0.5, 0.6) is 0 Å². The number of aliphatic carboxylic acids is 1. The Balaban J connectivity index is 2.03. The van der Waals surface area contributed by atoms with Gasteiger partial charge in [0.15, 0.2) is 0 Å². The number of likely N-dealkylation sites (N-methyl/N-ethyl adjacent to an activating group) is 1. The highest BCUT2D eigenvalue weighted by Gasteiger charge is 2.30. The van der Waals surface area contributed by atoms with Gasteiger partial charge in [0.05, 0.1) is 10.9 Å². The normalized spacial score (nSPS) is 16.5. The van der Waals surface area contributed by atoms with Crippen LogP contribution in [0.15, 0.2) is 29.2 Å². The molecule has 0 radical (unpaired) electrons. The SMILES string of the molecule is CN(C)CCN(CC(=O)O)C(=O)C[C@H]1Sc2ccccc2NC1=O. The van der Waals surface area contributed by atoms with Crippen LogP contribution in [0.3, 0.4) is 0 Å². The third-order valence-electron chi connectivity index (χ3n) is 3.56. The van der Waals surface area contributed by atoms with Crippen LogP contribution < -0.4 is 5.32 Å². The minimum absolute atomic E-state index is 0.0223. The standard InChI is InChI=1S/C16H21N3O4S/c1-18(2)7-8-19(10-15(21)22)14(20)9-13-16(23)17-11-5-3-4-6-12(11)24-13/h3-6,13H,7-10H2,1-2H3,(H,17,23)(H,21,22)/t13-/m1/s1. The number of anilines is 1. The average Bonchev–Trinajstić information content (AvgIpc) is 2.51. The molecule has 0 bridgehead atoms. The van der Waals surface area contributed by atoms with Gasteiger partial charge in [-0.3, -0.25) is 14.4 Å². The maximum atomic E-state index is 12.5. The second-order valence-corrected chi connectivity index (χ2v) is 7.05. The summed E-state index contributed by atoms with van der Waals surface area (Å²) in [5.41, 5.74) is 0.742. The van der Waals surface area contributed by atoms with Gasteiger partial charge in [-0.05, 0) is 26.2 Å². The zero-order valence-corrected chi connectivity index (χ0v) is 14.5. The summed E-state index contributed by atoms with van der Waals surface area (Å²) in [7, 11) is 3.70. The molecule has 0 saturated heterocycles. The molecule has 130 valence electrons. The van der Waals surface area contributed by atoms with Gasteiger partial charge < -0.3 is 20.2 Å². The van der Waals surface area contributed by atoms with Gasteiger partial charge in [-0.25, -0.2) is 0 Å². The maximum Gasteiger partial charge on any atom is 0.323 e. The van der Waals surface area contributed by atoms with E-state index in [0.29, 0.717) is 13.1 Å². The van der Waals surface area contributed by atoms with Gasteiger partial charge in [0.2, 0.25) is 11.8 Å². The van der Waals surface area contributed by atoms with Crippen LogP contribution in [0, 0.1) is 0 Å². The molecular formula is C16H21N3O4S. The second-order valence-electron chi connectivity index (χ2n) is 5.81. The van der Waals surface area contributed by atoms with Crippen LogP contribution in [-0.2, 0) is 14.4 Å². The highest BCUT2D eigenvalue weighted by molar-refractivity contribution is 8.01. The van der Waals surface area contributed by atoms with E-state index in [-0.39, 0.29) is 24.8 Å². The first-order valence-electron chi connectivity index (χ1n) is 7.57. The van der Waals surface area contributed by atoms with Crippen LogP contribution in [0.1, 0.15) is 6.42 Å². The molecule has 1 atom stereocenters. The molecule has 1 aromatic carbocycles. The van der Waals surface area contributed by atoms with Crippen LogP contribution in [0.2, 0.25) is 0 Å². The number of para-hydroxylation sites is 1. The van der Waals surface area contributed by atoms with Gasteiger partial charge in [-0.15, -0.1) is 11.8 Å². The third kappa shape index (κ3) is 4.97. The van der Waals surface area contributed by atoms with Crippen molar-refractivity contribution in [2.24, 2.45) is 0 Å². The molecule has 2 N–H and O–H groups in total. The first-order valence-corrected chi connectivity index (χ1v) is 8.45. The topological polar surface area (TPSA) is 89.9 Å². The predicted octanol–water partition coefficient (Wildman–Crippen LogP) is 0.964. The Morgan fingerprint density at radius 3 is 2.62 bits per heavy atom. The van der Waals surface area contributed by atoms with Crippen molar-refractivity contribution >= 4 is 35.2 Å². The Morgan fingerprint density at radius 1 is 1.25 bits per heavy atom. The molecule has 1 aliphatic heterocycles. The molecule has 0 unspecified atom stereocenters. The van der Waals surface area contributed by atoms with E-state index < -0.39 is 11.2 Å². The van der Waals surface area contributed by atoms with Crippen molar-refractivity contribution in [3.8, 4) is 0 Å². The second kappa shape index (κ2) is 8.16. The number of hydrogen-bond donors (Lipinski definition) is 2. The molecule has 7 nitrogen and oxygen atoms in total. The Bertz CT molecular complexity index is 636. The van der Waals surface area contributed by atoms with Crippen LogP contribution in [0.25, 0.3) is 0 Å². The monoisotopic (exact) mass is 351 g/mol. The zero-order valence-electron chi connectivity index (χ0n) is 13.7. The van der Waals surface area contributed by atoms with E-state index in [1.165, 1.54) is 16.7 Å². The summed E-state index contributed by atoms with van der Waals surface area (Å²) in [6, 6.07) is 7.40. The molecule has 8 heteroatoms. The minimum Gasteiger partial charge on any atom is -0.480 e. The van der Waals surface area contributed by atoms with Gasteiger partial charge >= 0.3 is 5.97 Å². The van der Waals surface area contributed by atoms with Gasteiger partial charge in [0.25, 0.3) is 0 Å². The number of thioether (sulfide) groups is 1. The Morgan fingerprint density at radius 2 is 1.96 bits per heavy atom. The van der Waals surface area contributed by atoms with Gasteiger partial charge in [-0.1, -0.05) is 12.1 Å². The molecule has 0 spiro atoms. The van der Waals surface area contributed by atoms with E-state index in [1.54, 1.807) is 0 Å². The lowest BCUT2D eigenvalue weighted by atomic mass is 10.2. The van der Waals surface area contributed by atoms with E-state index in [9.17, 15) is 14.4 Å². The molecule has 0 aliphatic carbocycles. The Hall–Kier alpha value is -2.06. The number of rotatable bonds is 7. The number of nitrogens with one attached hydrogen (secondary N) is 1. The van der Waals surface area contributed by atoms with Crippen molar-refractivity contribution in [1.82, 2.24) is 9.80 Å². The number of carboxylic acid groups (broad SMARTS) is 1. The number of carboxylic acids is 1. The van der Waals surface area contributed by atoms with Crippen LogP contribution in [-0.4, -0.2) is 71.7 Å². The fourth-order valence-corrected chi connectivity index (χ4v) is 3.39. The number of benzene rings is 1. The largest absolute Gasteiger partial charge is 0.480 e. The first-order chi connectivity index (χ1) is 11.4. The summed E-state index contributed by atoms with van der Waals surface area (Å²) >= 11 is 1.34. The van der Waals surface area contributed by atoms with Crippen molar-refractivity contribution < 1.29 is 19.5 Å². The quantitative estimate of drug-likeness (QED) is 0.761. The Kier molecular flexibility index (Phi) is 6.22. The number of hydrogen-bond acceptors (Lipinski definition) is 5. The summed E-state index contributed by atoms with van der Waals surface area (Å²) in [6.07, 6.45) is -0.0223. The van der Waals surface area contributed by atoms with Crippen LogP contribution in [0.4, 0.5) is 5.69 Å². The maximum absolute atomic E-state index is 12.5. The fourth-order valence-electron chi connectivity index (χ4n) is 2.29. The first kappa shape index (κ1) is 18.3. The van der Waals surface area contributed by atoms with Crippen molar-refractivity contribution in [2.45, 2.75) is 16.6 Å². The summed E-state index contributed by atoms with van der Waals surface area (Å²) in [4.78, 5) is 39.7. The lowest BCUT2D eigenvalue weighted by Gasteiger charge is -2.27. The predicted molar refractivity (Wildman–Crippen MR) is 92.1 cm³/mol. The summed E-state index contributed by atoms with van der Waals surface area (Å²) in [5.74, 6) is -1.62. The fraction of sp³-hybridized carbons (Fsp3) is 0.438. The molecule has 0 aromatic heterocycles. The van der Waals surface area contributed by atoms with Gasteiger partial charge in [0, 0.05) is 24.4 Å². The number of carbonyl (C=O) groups is 3. The van der Waals surface area contributed by atoms with E-state index in [1.807, 2.05) is 43.3 Å². The highest BCUT2D eigenvalue weighted by atomic mass is 32.2. The summed E-state index contributed by atoms with van der Waals surface area (Å²) < 4.78 is 0. The van der Waals surface area contributed by atoms with Crippen LogP contribution >= 0.6 is 11.8 Å². The molecule has 1 heterocycles. The highest BCUT2D eigenvalue weighted by Crippen LogP contribution is 2.36. The average molecular weight is 351 g/mol. The summed E-state index contributed by atoms with van der Waals surface area (Å²) in [6.45, 7) is 0.516. The molecule has 0 saturated carbocycles. The van der Waals surface area contributed by atoms with E-state index in [0.717, 1.165) is 10.6 Å². The molecule has 2 amide bonds. The lowest BCUT2D eigenvalue weighted by molar-refractivity contribution is -0.144. The Labute approximate surface area is 145 Å². The minimum atomic E-state index is -1.06. The van der Waals surface area contributed by atoms with Crippen molar-refractivity contribution in [2.75, 3.05) is 39.0 Å². The molecule has 2 rings (SSSR count). The zero-order chi connectivity index (χ0) is 17.7. The summed E-state index contributed by atoms with van der Waals surface area (Å²) in [5, 5.41) is 11.2. The number of carbonyl (C=O) groups excluding carboxylic acids is 2. The number of nitrogens with zero attached hydrogens (tertiary/aromatic N) is 2. The van der Waals surface area contributed by atoms with E-state index in [4.69, 9.17) is 5.11 Å². The van der Waals surface area contributed by atoms with E-state index in [2.05, 4.69) is 5.32 Å². The van der Waals surface area contributed by atoms with Crippen molar-refractivity contribution in [3.63, 3.8) is 0 Å². The lowest BCUT2D eigenvalue weighted by Crippen LogP contribution is -2.42. The van der Waals surface area contributed by atoms with Crippen molar-refractivity contribution in [3.05, 3.63) is 24.3 Å². The smallest absolute Gasteiger partial charge is 0.323 e. The molecule has 1 aromatic rings. The molecule has 24 heavy (non-hydrogen) atoms. The van der Waals surface area contributed by atoms with Gasteiger partial charge in [0.1, 0.15) is 6.54 Å². The molecular weight excluding hydrogens is 330 g/mol. The van der Waals surface area contributed by atoms with E-state index >= 15 is 0 Å². The third-order valence-corrected chi connectivity index (χ3v) is 4.84. The molecule has 1 aliphatic rings. The number of fused-ring (bicyclic) bond motifs is 1. The van der Waals surface area contributed by atoms with Crippen molar-refractivity contribution in [1.29, 1.82) is 0 Å².